The number of amides is 2. The molecule has 2 amide bonds. The smallest absolute Gasteiger partial charge is 0.267 e. The first-order chi connectivity index (χ1) is 9.59. The minimum absolute atomic E-state index is 0.0151. The Morgan fingerprint density at radius 2 is 1.55 bits per heavy atom. The van der Waals surface area contributed by atoms with Crippen LogP contribution in [0, 0.1) is 0 Å². The number of hydrogen-bond donors (Lipinski definition) is 0. The van der Waals surface area contributed by atoms with Gasteiger partial charge in [0.05, 0.1) is 14.9 Å². The molecular formula is C14H8Br2N2O2. The van der Waals surface area contributed by atoms with Crippen LogP contribution in [0.4, 0.5) is 5.82 Å². The van der Waals surface area contributed by atoms with E-state index in [4.69, 9.17) is 0 Å². The van der Waals surface area contributed by atoms with E-state index in [1.165, 1.54) is 0 Å². The summed E-state index contributed by atoms with van der Waals surface area (Å²) in [6.07, 6.45) is 1.62. The fourth-order valence-corrected chi connectivity index (χ4v) is 2.60. The number of rotatable bonds is 2. The molecule has 1 aliphatic heterocycles. The van der Waals surface area contributed by atoms with Crippen LogP contribution in [0.3, 0.4) is 0 Å². The summed E-state index contributed by atoms with van der Waals surface area (Å²) in [5.41, 5.74) is 1.75. The minimum Gasteiger partial charge on any atom is -0.268 e. The van der Waals surface area contributed by atoms with E-state index in [-0.39, 0.29) is 15.6 Å². The number of fused-ring (bicyclic) bond motifs is 1. The van der Waals surface area contributed by atoms with E-state index in [1.807, 2.05) is 0 Å². The molecule has 1 aromatic heterocycles. The van der Waals surface area contributed by atoms with Crippen molar-refractivity contribution in [3.05, 3.63) is 59.3 Å². The van der Waals surface area contributed by atoms with E-state index < -0.39 is 0 Å². The van der Waals surface area contributed by atoms with Crippen LogP contribution in [0.5, 0.6) is 0 Å². The van der Waals surface area contributed by atoms with Gasteiger partial charge in [-0.05, 0) is 23.8 Å². The summed E-state index contributed by atoms with van der Waals surface area (Å²) in [6, 6.07) is 10.2. The molecule has 0 N–H and O–H groups in total. The number of hydrogen-bond acceptors (Lipinski definition) is 3. The molecule has 0 bridgehead atoms. The van der Waals surface area contributed by atoms with Gasteiger partial charge in [-0.2, -0.15) is 0 Å². The van der Waals surface area contributed by atoms with Crippen LogP contribution in [-0.4, -0.2) is 16.8 Å². The summed E-state index contributed by atoms with van der Waals surface area (Å²) in [4.78, 5) is 29.8. The highest BCUT2D eigenvalue weighted by Crippen LogP contribution is 2.31. The summed E-state index contributed by atoms with van der Waals surface area (Å²) < 4.78 is -0.0151. The lowest BCUT2D eigenvalue weighted by molar-refractivity contribution is 0.0925. The number of benzene rings is 1. The lowest BCUT2D eigenvalue weighted by atomic mass is 10.1. The Morgan fingerprint density at radius 1 is 0.950 bits per heavy atom. The van der Waals surface area contributed by atoms with Gasteiger partial charge < -0.3 is 0 Å². The number of alkyl halides is 2. The lowest BCUT2D eigenvalue weighted by Gasteiger charge is -2.13. The average Bonchev–Trinajstić information content (AvgIpc) is 2.72. The van der Waals surface area contributed by atoms with Crippen molar-refractivity contribution in [2.75, 3.05) is 4.90 Å². The van der Waals surface area contributed by atoms with Crippen LogP contribution in [0.1, 0.15) is 30.0 Å². The molecule has 0 spiro atoms. The van der Waals surface area contributed by atoms with E-state index in [9.17, 15) is 9.59 Å². The summed E-state index contributed by atoms with van der Waals surface area (Å²) in [5, 5.41) is 0. The Kier molecular flexibility index (Phi) is 3.43. The molecule has 2 heterocycles. The number of carbonyl (C=O) groups excluding carboxylic acids is 2. The molecule has 20 heavy (non-hydrogen) atoms. The van der Waals surface area contributed by atoms with Crippen molar-refractivity contribution < 1.29 is 9.59 Å². The first-order valence-corrected chi connectivity index (χ1v) is 7.64. The molecule has 0 atom stereocenters. The average molecular weight is 396 g/mol. The van der Waals surface area contributed by atoms with Crippen molar-refractivity contribution in [2.24, 2.45) is 0 Å². The standard InChI is InChI=1S/C14H8Br2N2O2/c15-12(16)8-5-6-11(17-7-8)18-13(19)9-3-1-2-4-10(9)14(18)20/h1-7,12H. The highest BCUT2D eigenvalue weighted by atomic mass is 79.9. The molecule has 1 aromatic carbocycles. The van der Waals surface area contributed by atoms with Gasteiger partial charge in [-0.3, -0.25) is 9.59 Å². The van der Waals surface area contributed by atoms with E-state index in [1.54, 1.807) is 42.6 Å². The predicted octanol–water partition coefficient (Wildman–Crippen LogP) is 3.67. The van der Waals surface area contributed by atoms with Crippen LogP contribution in [0.15, 0.2) is 42.6 Å². The molecular weight excluding hydrogens is 388 g/mol. The second-order valence-corrected chi connectivity index (χ2v) is 7.30. The van der Waals surface area contributed by atoms with Gasteiger partial charge in [0, 0.05) is 6.20 Å². The molecule has 3 rings (SSSR count). The Hall–Kier alpha value is -1.53. The van der Waals surface area contributed by atoms with E-state index >= 15 is 0 Å². The van der Waals surface area contributed by atoms with Crippen LogP contribution in [0.2, 0.25) is 0 Å². The third-order valence-electron chi connectivity index (χ3n) is 3.05. The van der Waals surface area contributed by atoms with Gasteiger partial charge in [0.25, 0.3) is 11.8 Å². The number of carbonyl (C=O) groups is 2. The van der Waals surface area contributed by atoms with Crippen molar-refractivity contribution in [2.45, 2.75) is 3.74 Å². The number of nitrogens with zero attached hydrogens (tertiary/aromatic N) is 2. The molecule has 6 heteroatoms. The maximum atomic E-state index is 12.3. The molecule has 0 aliphatic carbocycles. The quantitative estimate of drug-likeness (QED) is 0.575. The zero-order valence-corrected chi connectivity index (χ0v) is 13.3. The van der Waals surface area contributed by atoms with E-state index in [0.717, 1.165) is 10.5 Å². The van der Waals surface area contributed by atoms with Gasteiger partial charge in [0.15, 0.2) is 0 Å². The van der Waals surface area contributed by atoms with Crippen molar-refractivity contribution in [3.8, 4) is 0 Å². The first-order valence-electron chi connectivity index (χ1n) is 5.81. The lowest BCUT2D eigenvalue weighted by Crippen LogP contribution is -2.30. The number of imide groups is 1. The molecule has 1 aliphatic rings. The molecule has 4 nitrogen and oxygen atoms in total. The Labute approximate surface area is 132 Å². The van der Waals surface area contributed by atoms with Crippen LogP contribution in [0.25, 0.3) is 0 Å². The van der Waals surface area contributed by atoms with Gasteiger partial charge >= 0.3 is 0 Å². The zero-order valence-electron chi connectivity index (χ0n) is 10.1. The van der Waals surface area contributed by atoms with Gasteiger partial charge in [-0.25, -0.2) is 9.88 Å². The highest BCUT2D eigenvalue weighted by Gasteiger charge is 2.36. The van der Waals surface area contributed by atoms with Crippen molar-refractivity contribution in [1.29, 1.82) is 0 Å². The largest absolute Gasteiger partial charge is 0.268 e. The summed E-state index contributed by atoms with van der Waals surface area (Å²) in [6.45, 7) is 0. The van der Waals surface area contributed by atoms with Gasteiger partial charge in [-0.1, -0.05) is 50.1 Å². The third kappa shape index (κ3) is 2.09. The fourth-order valence-electron chi connectivity index (χ4n) is 2.06. The highest BCUT2D eigenvalue weighted by molar-refractivity contribution is 9.24. The number of pyridine rings is 1. The monoisotopic (exact) mass is 394 g/mol. The third-order valence-corrected chi connectivity index (χ3v) is 4.10. The topological polar surface area (TPSA) is 50.3 Å². The van der Waals surface area contributed by atoms with Crippen molar-refractivity contribution in [3.63, 3.8) is 0 Å². The molecule has 2 aromatic rings. The van der Waals surface area contributed by atoms with Gasteiger partial charge in [0.1, 0.15) is 5.82 Å². The summed E-state index contributed by atoms with van der Waals surface area (Å²) >= 11 is 6.73. The Morgan fingerprint density at radius 3 is 2.00 bits per heavy atom. The second-order valence-electron chi connectivity index (χ2n) is 4.24. The maximum absolute atomic E-state index is 12.3. The molecule has 0 saturated carbocycles. The molecule has 100 valence electrons. The van der Waals surface area contributed by atoms with E-state index in [2.05, 4.69) is 36.8 Å². The first kappa shape index (κ1) is 13.5. The van der Waals surface area contributed by atoms with Gasteiger partial charge in [-0.15, -0.1) is 0 Å². The van der Waals surface area contributed by atoms with Gasteiger partial charge in [0.2, 0.25) is 0 Å². The number of aromatic nitrogens is 1. The van der Waals surface area contributed by atoms with E-state index in [0.29, 0.717) is 16.9 Å². The fraction of sp³-hybridized carbons (Fsp3) is 0.0714. The predicted molar refractivity (Wildman–Crippen MR) is 82.4 cm³/mol. The van der Waals surface area contributed by atoms with Crippen LogP contribution in [-0.2, 0) is 0 Å². The Balaban J connectivity index is 2.00. The Bertz CT molecular complexity index is 664. The SMILES string of the molecule is O=C1c2ccccc2C(=O)N1c1ccc(C(Br)Br)cn1. The molecule has 0 fully saturated rings. The molecule has 0 saturated heterocycles. The zero-order chi connectivity index (χ0) is 14.3. The normalized spacial score (nSPS) is 14.1. The van der Waals surface area contributed by atoms with Crippen LogP contribution >= 0.6 is 31.9 Å². The van der Waals surface area contributed by atoms with Crippen molar-refractivity contribution >= 4 is 49.5 Å². The number of halogens is 2. The summed E-state index contributed by atoms with van der Waals surface area (Å²) in [7, 11) is 0. The second kappa shape index (κ2) is 5.10. The van der Waals surface area contributed by atoms with Crippen molar-refractivity contribution in [1.82, 2.24) is 4.98 Å². The molecule has 0 unspecified atom stereocenters. The summed E-state index contributed by atoms with van der Waals surface area (Å²) in [5.74, 6) is -0.333. The minimum atomic E-state index is -0.333. The van der Waals surface area contributed by atoms with Crippen LogP contribution < -0.4 is 4.90 Å². The maximum Gasteiger partial charge on any atom is 0.267 e. The number of anilines is 1. The molecule has 0 radical (unpaired) electrons.